The van der Waals surface area contributed by atoms with Crippen molar-refractivity contribution < 1.29 is 5.48 Å². The number of aromatic nitrogens is 2. The number of benzene rings is 2. The van der Waals surface area contributed by atoms with Gasteiger partial charge in [0.15, 0.2) is 0 Å². The molecule has 4 rings (SSSR count). The van der Waals surface area contributed by atoms with Crippen molar-refractivity contribution in [3.8, 4) is 17.2 Å². The fourth-order valence-electron chi connectivity index (χ4n) is 5.37. The van der Waals surface area contributed by atoms with Crippen LogP contribution in [0.1, 0.15) is 86.5 Å². The molecule has 1 saturated carbocycles. The van der Waals surface area contributed by atoms with Gasteiger partial charge in [-0.2, -0.15) is 5.26 Å². The second-order valence-corrected chi connectivity index (χ2v) is 9.97. The first-order valence-electron chi connectivity index (χ1n) is 13.3. The van der Waals surface area contributed by atoms with Gasteiger partial charge in [0.25, 0.3) is 5.56 Å². The molecule has 1 heterocycles. The summed E-state index contributed by atoms with van der Waals surface area (Å²) in [5.41, 5.74) is 5.67. The van der Waals surface area contributed by atoms with Crippen molar-refractivity contribution in [3.05, 3.63) is 87.1 Å². The highest BCUT2D eigenvalue weighted by Crippen LogP contribution is 2.27. The Balaban J connectivity index is 0.00000361. The fourth-order valence-corrected chi connectivity index (χ4v) is 5.37. The van der Waals surface area contributed by atoms with Crippen LogP contribution in [-0.4, -0.2) is 15.0 Å². The maximum Gasteiger partial charge on any atom is 0.257 e. The highest BCUT2D eigenvalue weighted by atomic mass is 16.1. The summed E-state index contributed by atoms with van der Waals surface area (Å²) in [6, 6.07) is 18.2. The lowest BCUT2D eigenvalue weighted by molar-refractivity contribution is 0.320. The van der Waals surface area contributed by atoms with Gasteiger partial charge in [-0.3, -0.25) is 9.36 Å². The van der Waals surface area contributed by atoms with Gasteiger partial charge in [0.1, 0.15) is 5.82 Å². The highest BCUT2D eigenvalue weighted by Gasteiger charge is 2.18. The molecule has 0 saturated heterocycles. The average molecular weight is 486 g/mol. The molecule has 1 aliphatic carbocycles. The molecule has 2 aromatic carbocycles. The normalized spacial score (nSPS) is 13.7. The van der Waals surface area contributed by atoms with Crippen molar-refractivity contribution in [2.45, 2.75) is 84.6 Å². The molecule has 0 bridgehead atoms. The summed E-state index contributed by atoms with van der Waals surface area (Å²) in [5.74, 6) is 1.59. The molecule has 0 amide bonds. The Morgan fingerprint density at radius 1 is 1.06 bits per heavy atom. The zero-order valence-electron chi connectivity index (χ0n) is 21.7. The minimum atomic E-state index is 0. The van der Waals surface area contributed by atoms with Crippen LogP contribution in [0.5, 0.6) is 0 Å². The van der Waals surface area contributed by atoms with Crippen LogP contribution >= 0.6 is 0 Å². The van der Waals surface area contributed by atoms with Gasteiger partial charge in [-0.1, -0.05) is 87.9 Å². The molecule has 0 atom stereocenters. The summed E-state index contributed by atoms with van der Waals surface area (Å²) in [6.07, 6.45) is 11.2. The second kappa shape index (κ2) is 13.2. The monoisotopic (exact) mass is 485 g/mol. The number of hydrogen-bond donors (Lipinski definition) is 0. The number of hydrogen-bond acceptors (Lipinski definition) is 3. The van der Waals surface area contributed by atoms with E-state index in [2.05, 4.69) is 37.3 Å². The molecule has 36 heavy (non-hydrogen) atoms. The molecule has 0 unspecified atom stereocenters. The first-order valence-corrected chi connectivity index (χ1v) is 13.3. The lowest BCUT2D eigenvalue weighted by Gasteiger charge is -2.22. The van der Waals surface area contributed by atoms with E-state index in [0.29, 0.717) is 12.0 Å². The van der Waals surface area contributed by atoms with Gasteiger partial charge in [-0.25, -0.2) is 4.98 Å². The van der Waals surface area contributed by atoms with Crippen molar-refractivity contribution >= 4 is 0 Å². The van der Waals surface area contributed by atoms with E-state index in [4.69, 9.17) is 4.98 Å². The van der Waals surface area contributed by atoms with Crippen LogP contribution in [0.3, 0.4) is 0 Å². The molecule has 190 valence electrons. The first-order chi connectivity index (χ1) is 17.1. The third-order valence-corrected chi connectivity index (χ3v) is 7.49. The number of unbranched alkanes of at least 4 members (excludes halogenated alkanes) is 1. The smallest absolute Gasteiger partial charge is 0.257 e. The minimum absolute atomic E-state index is 0. The SMILES string of the molecule is CCCCc1nc(C)n(CCC2CCCCC2)c(=O)c1Cc1ccc(-c2ccccc2C#N)cc1.O. The van der Waals surface area contributed by atoms with Gasteiger partial charge in [-0.05, 0) is 54.9 Å². The molecule has 1 aromatic heterocycles. The lowest BCUT2D eigenvalue weighted by Crippen LogP contribution is -2.30. The van der Waals surface area contributed by atoms with E-state index in [1.54, 1.807) is 0 Å². The highest BCUT2D eigenvalue weighted by molar-refractivity contribution is 5.70. The van der Waals surface area contributed by atoms with E-state index in [1.807, 2.05) is 35.8 Å². The molecular weight excluding hydrogens is 446 g/mol. The Bertz CT molecular complexity index is 1230. The van der Waals surface area contributed by atoms with E-state index in [0.717, 1.165) is 71.9 Å². The van der Waals surface area contributed by atoms with Crippen molar-refractivity contribution in [3.63, 3.8) is 0 Å². The van der Waals surface area contributed by atoms with Crippen molar-refractivity contribution in [2.75, 3.05) is 0 Å². The number of nitrogens with zero attached hydrogens (tertiary/aromatic N) is 3. The summed E-state index contributed by atoms with van der Waals surface area (Å²) in [7, 11) is 0. The summed E-state index contributed by atoms with van der Waals surface area (Å²) in [4.78, 5) is 18.7. The zero-order valence-corrected chi connectivity index (χ0v) is 21.7. The van der Waals surface area contributed by atoms with Crippen LogP contribution in [0.4, 0.5) is 0 Å². The molecule has 0 radical (unpaired) electrons. The second-order valence-electron chi connectivity index (χ2n) is 9.97. The van der Waals surface area contributed by atoms with Crippen molar-refractivity contribution in [1.29, 1.82) is 5.26 Å². The Labute approximate surface area is 215 Å². The van der Waals surface area contributed by atoms with E-state index >= 15 is 0 Å². The largest absolute Gasteiger partial charge is 0.412 e. The Morgan fingerprint density at radius 2 is 1.78 bits per heavy atom. The third-order valence-electron chi connectivity index (χ3n) is 7.49. The summed E-state index contributed by atoms with van der Waals surface area (Å²) < 4.78 is 1.93. The van der Waals surface area contributed by atoms with E-state index < -0.39 is 0 Å². The van der Waals surface area contributed by atoms with Gasteiger partial charge in [-0.15, -0.1) is 0 Å². The quantitative estimate of drug-likeness (QED) is 0.363. The topological polar surface area (TPSA) is 90.2 Å². The maximum atomic E-state index is 13.7. The number of rotatable bonds is 9. The molecule has 1 fully saturated rings. The van der Waals surface area contributed by atoms with Crippen LogP contribution in [-0.2, 0) is 19.4 Å². The predicted molar refractivity (Wildman–Crippen MR) is 146 cm³/mol. The zero-order chi connectivity index (χ0) is 24.6. The average Bonchev–Trinajstić information content (AvgIpc) is 2.90. The Hall–Kier alpha value is -3.23. The van der Waals surface area contributed by atoms with Gasteiger partial charge >= 0.3 is 0 Å². The molecular formula is C31H39N3O2. The van der Waals surface area contributed by atoms with Crippen LogP contribution in [0, 0.1) is 24.2 Å². The molecule has 0 aliphatic heterocycles. The first kappa shape index (κ1) is 27.4. The summed E-state index contributed by atoms with van der Waals surface area (Å²) in [6.45, 7) is 4.94. The third kappa shape index (κ3) is 6.50. The van der Waals surface area contributed by atoms with Crippen LogP contribution in [0.2, 0.25) is 0 Å². The van der Waals surface area contributed by atoms with E-state index in [-0.39, 0.29) is 11.0 Å². The standard InChI is InChI=1S/C31H37N3O.H2O/c1-3-4-14-30-29(31(35)34(23(2)33-30)20-19-24-10-6-5-7-11-24)21-25-15-17-26(18-16-25)28-13-9-8-12-27(28)22-32;/h8-9,12-13,15-18,24H,3-7,10-11,14,19-21H2,1-2H3;1H2. The fraction of sp³-hybridized carbons (Fsp3) is 0.452. The molecule has 1 aliphatic rings. The van der Waals surface area contributed by atoms with Gasteiger partial charge in [0, 0.05) is 18.5 Å². The summed E-state index contributed by atoms with van der Waals surface area (Å²) >= 11 is 0. The predicted octanol–water partition coefficient (Wildman–Crippen LogP) is 6.17. The molecule has 2 N–H and O–H groups in total. The van der Waals surface area contributed by atoms with E-state index in [1.165, 1.54) is 32.1 Å². The maximum absolute atomic E-state index is 13.7. The molecule has 5 heteroatoms. The van der Waals surface area contributed by atoms with Crippen LogP contribution in [0.15, 0.2) is 53.3 Å². The van der Waals surface area contributed by atoms with Gasteiger partial charge in [0.2, 0.25) is 0 Å². The van der Waals surface area contributed by atoms with Gasteiger partial charge in [0.05, 0.1) is 17.3 Å². The van der Waals surface area contributed by atoms with Crippen molar-refractivity contribution in [2.24, 2.45) is 5.92 Å². The number of nitriles is 1. The van der Waals surface area contributed by atoms with Crippen LogP contribution < -0.4 is 5.56 Å². The summed E-state index contributed by atoms with van der Waals surface area (Å²) in [5, 5.41) is 9.44. The minimum Gasteiger partial charge on any atom is -0.412 e. The van der Waals surface area contributed by atoms with Crippen LogP contribution in [0.25, 0.3) is 11.1 Å². The molecule has 3 aromatic rings. The van der Waals surface area contributed by atoms with E-state index in [9.17, 15) is 10.1 Å². The van der Waals surface area contributed by atoms with Gasteiger partial charge < -0.3 is 5.48 Å². The lowest BCUT2D eigenvalue weighted by atomic mass is 9.87. The number of aryl methyl sites for hydroxylation is 2. The molecule has 5 nitrogen and oxygen atoms in total. The molecule has 0 spiro atoms. The Kier molecular flexibility index (Phi) is 10.0. The van der Waals surface area contributed by atoms with Crippen molar-refractivity contribution in [1.82, 2.24) is 9.55 Å². The Morgan fingerprint density at radius 3 is 2.47 bits per heavy atom.